The Balaban J connectivity index is 2.47. The first kappa shape index (κ1) is 21.7. The Labute approximate surface area is 165 Å². The second-order valence-electron chi connectivity index (χ2n) is 6.91. The summed E-state index contributed by atoms with van der Waals surface area (Å²) in [7, 11) is 5.95. The number of hydrogen-bond donors (Lipinski definition) is 1. The normalized spacial score (nSPS) is 13.7. The van der Waals surface area contributed by atoms with Crippen LogP contribution in [0, 0.1) is 6.92 Å². The molecule has 0 aliphatic heterocycles. The minimum Gasteiger partial charge on any atom is -0.497 e. The van der Waals surface area contributed by atoms with E-state index in [0.29, 0.717) is 8.58 Å². The molecular formula is C22H32NO3P. The Morgan fingerprint density at radius 3 is 2.52 bits per heavy atom. The fraction of sp³-hybridized carbons (Fsp3) is 0.455. The van der Waals surface area contributed by atoms with Crippen molar-refractivity contribution in [2.24, 2.45) is 0 Å². The van der Waals surface area contributed by atoms with E-state index in [9.17, 15) is 0 Å². The summed E-state index contributed by atoms with van der Waals surface area (Å²) in [5, 5.41) is 4.62. The first-order chi connectivity index (χ1) is 13.0. The van der Waals surface area contributed by atoms with Gasteiger partial charge < -0.3 is 19.5 Å². The Kier molecular flexibility index (Phi) is 8.09. The van der Waals surface area contributed by atoms with Gasteiger partial charge in [0.05, 0.1) is 7.11 Å². The predicted molar refractivity (Wildman–Crippen MR) is 115 cm³/mol. The van der Waals surface area contributed by atoms with Gasteiger partial charge in [0.1, 0.15) is 11.5 Å². The molecule has 1 N–H and O–H groups in total. The maximum atomic E-state index is 5.88. The molecule has 4 nitrogen and oxygen atoms in total. The van der Waals surface area contributed by atoms with Gasteiger partial charge in [0.25, 0.3) is 0 Å². The second-order valence-corrected chi connectivity index (χ2v) is 8.81. The Morgan fingerprint density at radius 1 is 1.11 bits per heavy atom. The summed E-state index contributed by atoms with van der Waals surface area (Å²) in [5.74, 6) is 1.70. The van der Waals surface area contributed by atoms with Gasteiger partial charge in [0.2, 0.25) is 0 Å². The monoisotopic (exact) mass is 389 g/mol. The zero-order chi connectivity index (χ0) is 19.9. The number of nitrogens with one attached hydrogen (secondary N) is 1. The van der Waals surface area contributed by atoms with Crippen LogP contribution in [-0.4, -0.2) is 28.1 Å². The van der Waals surface area contributed by atoms with Gasteiger partial charge in [-0.25, -0.2) is 0 Å². The lowest BCUT2D eigenvalue weighted by Crippen LogP contribution is -2.23. The van der Waals surface area contributed by atoms with Crippen LogP contribution in [-0.2, 0) is 16.4 Å². The first-order valence-electron chi connectivity index (χ1n) is 9.30. The first-order valence-corrected chi connectivity index (χ1v) is 10.3. The summed E-state index contributed by atoms with van der Waals surface area (Å²) in [6.45, 7) is 7.79. The van der Waals surface area contributed by atoms with Crippen LogP contribution in [0.4, 0.5) is 0 Å². The van der Waals surface area contributed by atoms with E-state index in [1.54, 1.807) is 14.2 Å². The van der Waals surface area contributed by atoms with Crippen LogP contribution in [0.15, 0.2) is 36.4 Å². The molecular weight excluding hydrogens is 357 g/mol. The Bertz CT molecular complexity index is 750. The van der Waals surface area contributed by atoms with Crippen molar-refractivity contribution in [3.8, 4) is 11.5 Å². The maximum absolute atomic E-state index is 5.88. The van der Waals surface area contributed by atoms with Gasteiger partial charge in [0.15, 0.2) is 6.79 Å². The molecule has 0 saturated heterocycles. The van der Waals surface area contributed by atoms with Gasteiger partial charge in [-0.15, -0.1) is 0 Å². The molecule has 0 bridgehead atoms. The summed E-state index contributed by atoms with van der Waals surface area (Å²) in [5.41, 5.74) is 3.81. The number of benzene rings is 2. The zero-order valence-corrected chi connectivity index (χ0v) is 18.3. The van der Waals surface area contributed by atoms with Gasteiger partial charge in [-0.3, -0.25) is 0 Å². The third kappa shape index (κ3) is 5.44. The second kappa shape index (κ2) is 10.1. The van der Waals surface area contributed by atoms with E-state index in [1.165, 1.54) is 16.4 Å². The molecule has 0 saturated carbocycles. The van der Waals surface area contributed by atoms with Gasteiger partial charge in [-0.05, 0) is 49.5 Å². The van der Waals surface area contributed by atoms with Crippen LogP contribution in [0.1, 0.15) is 37.0 Å². The van der Waals surface area contributed by atoms with E-state index in [4.69, 9.17) is 14.2 Å². The third-order valence-corrected chi connectivity index (χ3v) is 6.79. The van der Waals surface area contributed by atoms with Crippen molar-refractivity contribution in [1.82, 2.24) is 5.32 Å². The van der Waals surface area contributed by atoms with E-state index in [2.05, 4.69) is 50.4 Å². The van der Waals surface area contributed by atoms with Crippen molar-refractivity contribution < 1.29 is 14.2 Å². The lowest BCUT2D eigenvalue weighted by Gasteiger charge is -2.32. The van der Waals surface area contributed by atoms with Crippen molar-refractivity contribution in [1.29, 1.82) is 0 Å². The average Bonchev–Trinajstić information content (AvgIpc) is 2.68. The van der Waals surface area contributed by atoms with Crippen LogP contribution in [0.3, 0.4) is 0 Å². The molecule has 2 unspecified atom stereocenters. The highest BCUT2D eigenvalue weighted by Crippen LogP contribution is 2.48. The van der Waals surface area contributed by atoms with Crippen molar-refractivity contribution in [3.63, 3.8) is 0 Å². The predicted octanol–water partition coefficient (Wildman–Crippen LogP) is 4.33. The van der Waals surface area contributed by atoms with Crippen molar-refractivity contribution in [3.05, 3.63) is 53.1 Å². The molecule has 0 amide bonds. The van der Waals surface area contributed by atoms with Gasteiger partial charge in [0, 0.05) is 24.4 Å². The molecule has 0 heterocycles. The molecule has 0 aliphatic carbocycles. The summed E-state index contributed by atoms with van der Waals surface area (Å²) in [4.78, 5) is 0. The lowest BCUT2D eigenvalue weighted by molar-refractivity contribution is 0.0500. The van der Waals surface area contributed by atoms with Gasteiger partial charge in [-0.1, -0.05) is 46.2 Å². The molecule has 2 aromatic rings. The molecule has 0 spiro atoms. The average molecular weight is 389 g/mol. The van der Waals surface area contributed by atoms with E-state index in [-0.39, 0.29) is 11.9 Å². The van der Waals surface area contributed by atoms with Crippen molar-refractivity contribution in [2.75, 3.05) is 28.1 Å². The van der Waals surface area contributed by atoms with E-state index < -0.39 is 0 Å². The van der Waals surface area contributed by atoms with E-state index in [0.717, 1.165) is 30.0 Å². The molecule has 2 atom stereocenters. The molecule has 0 fully saturated rings. The maximum Gasteiger partial charge on any atom is 0.188 e. The van der Waals surface area contributed by atoms with E-state index in [1.807, 2.05) is 19.2 Å². The van der Waals surface area contributed by atoms with Gasteiger partial charge in [-0.2, -0.15) is 0 Å². The van der Waals surface area contributed by atoms with Crippen LogP contribution in [0.25, 0.3) is 0 Å². The van der Waals surface area contributed by atoms with Crippen LogP contribution in [0.2, 0.25) is 0 Å². The molecule has 2 rings (SSSR count). The molecule has 2 aromatic carbocycles. The third-order valence-electron chi connectivity index (χ3n) is 4.86. The summed E-state index contributed by atoms with van der Waals surface area (Å²) in [6, 6.07) is 12.8. The number of methoxy groups -OCH3 is 2. The summed E-state index contributed by atoms with van der Waals surface area (Å²) < 4.78 is 16.5. The SMILES string of the molecule is CCC(C)(Pc1ccc(C)cc1CNC)c1cc(OC)ccc1OCOC. The minimum atomic E-state index is -0.0602. The molecule has 148 valence electrons. The summed E-state index contributed by atoms with van der Waals surface area (Å²) >= 11 is 0. The standard InChI is InChI=1S/C22H32NO3P/c1-7-22(3,27-21-11-8-16(2)12-17(21)14-23-4)19-13-18(25-6)9-10-20(19)26-15-24-5/h8-13,23,27H,7,14-15H2,1-6H3. The largest absolute Gasteiger partial charge is 0.497 e. The molecule has 0 aromatic heterocycles. The Hall–Kier alpha value is -1.61. The number of ether oxygens (including phenoxy) is 3. The van der Waals surface area contributed by atoms with Crippen LogP contribution < -0.4 is 20.1 Å². The fourth-order valence-electron chi connectivity index (χ4n) is 3.14. The van der Waals surface area contributed by atoms with Crippen LogP contribution >= 0.6 is 8.58 Å². The van der Waals surface area contributed by atoms with E-state index >= 15 is 0 Å². The highest BCUT2D eigenvalue weighted by Gasteiger charge is 2.30. The van der Waals surface area contributed by atoms with Crippen molar-refractivity contribution in [2.45, 2.75) is 38.9 Å². The molecule has 5 heteroatoms. The number of aryl methyl sites for hydroxylation is 1. The van der Waals surface area contributed by atoms with Crippen molar-refractivity contribution >= 4 is 13.9 Å². The van der Waals surface area contributed by atoms with Crippen LogP contribution in [0.5, 0.6) is 11.5 Å². The fourth-order valence-corrected chi connectivity index (χ4v) is 4.73. The number of rotatable bonds is 10. The highest BCUT2D eigenvalue weighted by molar-refractivity contribution is 7.48. The minimum absolute atomic E-state index is 0.0602. The van der Waals surface area contributed by atoms with Gasteiger partial charge >= 0.3 is 0 Å². The smallest absolute Gasteiger partial charge is 0.188 e. The molecule has 0 aliphatic rings. The highest BCUT2D eigenvalue weighted by atomic mass is 31.1. The molecule has 0 radical (unpaired) electrons. The number of hydrogen-bond acceptors (Lipinski definition) is 4. The molecule has 27 heavy (non-hydrogen) atoms. The quantitative estimate of drug-likeness (QED) is 0.485. The lowest BCUT2D eigenvalue weighted by atomic mass is 9.96. The Morgan fingerprint density at radius 2 is 1.89 bits per heavy atom. The topological polar surface area (TPSA) is 39.7 Å². The summed E-state index contributed by atoms with van der Waals surface area (Å²) in [6.07, 6.45) is 0.995. The zero-order valence-electron chi connectivity index (χ0n) is 17.3.